The maximum Gasteiger partial charge on any atom is 0.262 e. The van der Waals surface area contributed by atoms with Gasteiger partial charge in [0, 0.05) is 0 Å². The summed E-state index contributed by atoms with van der Waals surface area (Å²) in [4.78, 5) is 12.0. The van der Waals surface area contributed by atoms with Gasteiger partial charge in [0.2, 0.25) is 0 Å². The minimum Gasteiger partial charge on any atom is -0.506 e. The van der Waals surface area contributed by atoms with Crippen molar-refractivity contribution in [3.8, 4) is 17.2 Å². The Morgan fingerprint density at radius 1 is 1.17 bits per heavy atom. The molecule has 0 aliphatic heterocycles. The van der Waals surface area contributed by atoms with E-state index in [9.17, 15) is 9.90 Å². The van der Waals surface area contributed by atoms with E-state index in [2.05, 4.69) is 19.2 Å². The molecule has 0 aliphatic rings. The highest BCUT2D eigenvalue weighted by atomic mass is 16.5. The fraction of sp³-hybridized carbons (Fsp3) is 0.316. The molecule has 2 rings (SSSR count). The number of carbonyl (C=O) groups is 1. The van der Waals surface area contributed by atoms with Gasteiger partial charge in [-0.15, -0.1) is 0 Å². The Labute approximate surface area is 142 Å². The van der Waals surface area contributed by atoms with Gasteiger partial charge < -0.3 is 19.9 Å². The molecule has 5 nitrogen and oxygen atoms in total. The van der Waals surface area contributed by atoms with Crippen LogP contribution in [-0.4, -0.2) is 24.7 Å². The van der Waals surface area contributed by atoms with E-state index in [1.165, 1.54) is 0 Å². The van der Waals surface area contributed by atoms with Crippen LogP contribution in [0.4, 0.5) is 5.69 Å². The number of phenolic OH excluding ortho intramolecular Hbond substituents is 1. The number of rotatable bonds is 7. The van der Waals surface area contributed by atoms with E-state index in [-0.39, 0.29) is 18.3 Å². The molecule has 2 N–H and O–H groups in total. The number of aromatic hydroxyl groups is 1. The third kappa shape index (κ3) is 4.65. The lowest BCUT2D eigenvalue weighted by Gasteiger charge is -2.13. The summed E-state index contributed by atoms with van der Waals surface area (Å²) in [5.41, 5.74) is 1.47. The van der Waals surface area contributed by atoms with Crippen LogP contribution in [0.25, 0.3) is 0 Å². The van der Waals surface area contributed by atoms with Crippen molar-refractivity contribution >= 4 is 11.6 Å². The minimum absolute atomic E-state index is 0.0415. The number of benzene rings is 2. The zero-order valence-electron chi connectivity index (χ0n) is 14.2. The highest BCUT2D eigenvalue weighted by molar-refractivity contribution is 5.93. The lowest BCUT2D eigenvalue weighted by Crippen LogP contribution is -2.20. The Bertz CT molecular complexity index is 682. The van der Waals surface area contributed by atoms with E-state index in [1.807, 2.05) is 6.07 Å². The maximum absolute atomic E-state index is 12.0. The number of methoxy groups -OCH3 is 1. The van der Waals surface area contributed by atoms with Crippen LogP contribution >= 0.6 is 0 Å². The number of hydrogen-bond donors (Lipinski definition) is 2. The summed E-state index contributed by atoms with van der Waals surface area (Å²) < 4.78 is 10.5. The number of anilines is 1. The van der Waals surface area contributed by atoms with E-state index in [1.54, 1.807) is 43.5 Å². The van der Waals surface area contributed by atoms with Gasteiger partial charge in [0.1, 0.15) is 17.2 Å². The fourth-order valence-electron chi connectivity index (χ4n) is 2.20. The monoisotopic (exact) mass is 329 g/mol. The van der Waals surface area contributed by atoms with Crippen molar-refractivity contribution in [3.05, 3.63) is 48.0 Å². The van der Waals surface area contributed by atoms with Gasteiger partial charge in [-0.3, -0.25) is 4.79 Å². The molecule has 5 heteroatoms. The summed E-state index contributed by atoms with van der Waals surface area (Å²) >= 11 is 0. The molecular formula is C19H23NO4. The zero-order valence-corrected chi connectivity index (χ0v) is 14.2. The average molecular weight is 329 g/mol. The quantitative estimate of drug-likeness (QED) is 0.755. The highest BCUT2D eigenvalue weighted by Gasteiger charge is 2.11. The van der Waals surface area contributed by atoms with Crippen molar-refractivity contribution in [1.82, 2.24) is 0 Å². The van der Waals surface area contributed by atoms with Crippen molar-refractivity contribution in [2.75, 3.05) is 19.0 Å². The molecule has 0 heterocycles. The molecule has 1 atom stereocenters. The van der Waals surface area contributed by atoms with Gasteiger partial charge in [-0.05, 0) is 54.3 Å². The Kier molecular flexibility index (Phi) is 6.07. The molecule has 0 spiro atoms. The number of phenols is 1. The molecule has 0 aromatic heterocycles. The second-order valence-corrected chi connectivity index (χ2v) is 5.60. The summed E-state index contributed by atoms with van der Waals surface area (Å²) in [6.45, 7) is 4.06. The smallest absolute Gasteiger partial charge is 0.262 e. The van der Waals surface area contributed by atoms with Crippen LogP contribution in [0, 0.1) is 0 Å². The fourth-order valence-corrected chi connectivity index (χ4v) is 2.20. The first-order valence-electron chi connectivity index (χ1n) is 7.93. The third-order valence-corrected chi connectivity index (χ3v) is 3.91. The third-order valence-electron chi connectivity index (χ3n) is 3.91. The molecule has 0 fully saturated rings. The molecule has 0 aliphatic carbocycles. The summed E-state index contributed by atoms with van der Waals surface area (Å²) in [5.74, 6) is 1.36. The first kappa shape index (κ1) is 17.7. The Morgan fingerprint density at radius 3 is 2.46 bits per heavy atom. The van der Waals surface area contributed by atoms with E-state index in [0.29, 0.717) is 17.4 Å². The number of ether oxygens (including phenoxy) is 2. The largest absolute Gasteiger partial charge is 0.506 e. The molecular weight excluding hydrogens is 306 g/mol. The van der Waals surface area contributed by atoms with Gasteiger partial charge in [0.15, 0.2) is 6.61 Å². The van der Waals surface area contributed by atoms with Gasteiger partial charge in [-0.2, -0.15) is 0 Å². The molecule has 2 aromatic carbocycles. The Hall–Kier alpha value is -2.69. The summed E-state index contributed by atoms with van der Waals surface area (Å²) in [6.07, 6.45) is 0.985. The van der Waals surface area contributed by atoms with Crippen LogP contribution in [0.2, 0.25) is 0 Å². The van der Waals surface area contributed by atoms with Gasteiger partial charge in [0.25, 0.3) is 5.91 Å². The highest BCUT2D eigenvalue weighted by Crippen LogP contribution is 2.29. The second-order valence-electron chi connectivity index (χ2n) is 5.60. The van der Waals surface area contributed by atoms with E-state index in [0.717, 1.165) is 17.7 Å². The predicted molar refractivity (Wildman–Crippen MR) is 93.9 cm³/mol. The van der Waals surface area contributed by atoms with Crippen molar-refractivity contribution in [1.29, 1.82) is 0 Å². The first-order valence-corrected chi connectivity index (χ1v) is 7.93. The van der Waals surface area contributed by atoms with Crippen molar-refractivity contribution in [2.45, 2.75) is 26.2 Å². The SMILES string of the molecule is CC[C@@H](C)c1ccc(O)c(NC(=O)COc2ccc(OC)cc2)c1. The van der Waals surface area contributed by atoms with Gasteiger partial charge in [-0.1, -0.05) is 19.9 Å². The van der Waals surface area contributed by atoms with Crippen molar-refractivity contribution in [3.63, 3.8) is 0 Å². The number of hydrogen-bond acceptors (Lipinski definition) is 4. The second kappa shape index (κ2) is 8.24. The normalized spacial score (nSPS) is 11.6. The van der Waals surface area contributed by atoms with Crippen LogP contribution in [0.5, 0.6) is 17.2 Å². The number of carbonyl (C=O) groups excluding carboxylic acids is 1. The Balaban J connectivity index is 1.96. The van der Waals surface area contributed by atoms with Gasteiger partial charge in [-0.25, -0.2) is 0 Å². The average Bonchev–Trinajstić information content (AvgIpc) is 2.61. The molecule has 1 amide bonds. The van der Waals surface area contributed by atoms with Gasteiger partial charge >= 0.3 is 0 Å². The lowest BCUT2D eigenvalue weighted by molar-refractivity contribution is -0.118. The molecule has 2 aromatic rings. The van der Waals surface area contributed by atoms with E-state index in [4.69, 9.17) is 9.47 Å². The van der Waals surface area contributed by atoms with Gasteiger partial charge in [0.05, 0.1) is 12.8 Å². The molecule has 24 heavy (non-hydrogen) atoms. The predicted octanol–water partition coefficient (Wildman–Crippen LogP) is 3.93. The molecule has 128 valence electrons. The van der Waals surface area contributed by atoms with E-state index >= 15 is 0 Å². The van der Waals surface area contributed by atoms with Crippen LogP contribution in [-0.2, 0) is 4.79 Å². The maximum atomic E-state index is 12.0. The molecule has 0 unspecified atom stereocenters. The number of amides is 1. The van der Waals surface area contributed by atoms with Crippen molar-refractivity contribution in [2.24, 2.45) is 0 Å². The van der Waals surface area contributed by atoms with Crippen LogP contribution < -0.4 is 14.8 Å². The molecule has 0 saturated heterocycles. The minimum atomic E-state index is -0.331. The summed E-state index contributed by atoms with van der Waals surface area (Å²) in [7, 11) is 1.59. The zero-order chi connectivity index (χ0) is 17.5. The topological polar surface area (TPSA) is 67.8 Å². The van der Waals surface area contributed by atoms with E-state index < -0.39 is 0 Å². The molecule has 0 bridgehead atoms. The van der Waals surface area contributed by atoms with Crippen LogP contribution in [0.3, 0.4) is 0 Å². The lowest BCUT2D eigenvalue weighted by atomic mass is 9.98. The van der Waals surface area contributed by atoms with Crippen LogP contribution in [0.1, 0.15) is 31.7 Å². The summed E-state index contributed by atoms with van der Waals surface area (Å²) in [5, 5.41) is 12.6. The number of nitrogens with one attached hydrogen (secondary N) is 1. The van der Waals surface area contributed by atoms with Crippen LogP contribution in [0.15, 0.2) is 42.5 Å². The molecule has 0 saturated carbocycles. The molecule has 0 radical (unpaired) electrons. The van der Waals surface area contributed by atoms with Crippen molar-refractivity contribution < 1.29 is 19.4 Å². The standard InChI is InChI=1S/C19H23NO4/c1-4-13(2)14-5-10-18(21)17(11-14)20-19(22)12-24-16-8-6-15(23-3)7-9-16/h5-11,13,21H,4,12H2,1-3H3,(H,20,22)/t13-/m1/s1. The Morgan fingerprint density at radius 2 is 1.83 bits per heavy atom. The summed E-state index contributed by atoms with van der Waals surface area (Å²) in [6, 6.07) is 12.2. The first-order chi connectivity index (χ1) is 11.5.